The quantitative estimate of drug-likeness (QED) is 0.757. The highest BCUT2D eigenvalue weighted by Crippen LogP contribution is 2.12. The fraction of sp³-hybridized carbons (Fsp3) is 0.167. The Bertz CT molecular complexity index is 603. The molecule has 0 aliphatic heterocycles. The third kappa shape index (κ3) is 2.34. The van der Waals surface area contributed by atoms with Gasteiger partial charge >= 0.3 is 5.63 Å². The summed E-state index contributed by atoms with van der Waals surface area (Å²) in [5, 5.41) is 11.7. The zero-order valence-electron chi connectivity index (χ0n) is 8.97. The SMILES string of the molecule is O=C(NCCO)c1cc2ccccc2oc1=O. The molecule has 1 aromatic carbocycles. The van der Waals surface area contributed by atoms with Gasteiger partial charge in [0.15, 0.2) is 0 Å². The lowest BCUT2D eigenvalue weighted by Gasteiger charge is -2.02. The standard InChI is InChI=1S/C12H11NO4/c14-6-5-13-11(15)9-7-8-3-1-2-4-10(8)17-12(9)16/h1-4,7,14H,5-6H2,(H,13,15). The predicted molar refractivity (Wildman–Crippen MR) is 61.9 cm³/mol. The number of hydrogen-bond donors (Lipinski definition) is 2. The van der Waals surface area contributed by atoms with Crippen LogP contribution < -0.4 is 10.9 Å². The summed E-state index contributed by atoms with van der Waals surface area (Å²) in [6, 6.07) is 8.43. The molecule has 2 aromatic rings. The van der Waals surface area contributed by atoms with Gasteiger partial charge in [0.2, 0.25) is 0 Å². The van der Waals surface area contributed by atoms with E-state index in [-0.39, 0.29) is 18.7 Å². The highest BCUT2D eigenvalue weighted by molar-refractivity contribution is 5.96. The number of carbonyl (C=O) groups is 1. The molecule has 2 rings (SSSR count). The van der Waals surface area contributed by atoms with Gasteiger partial charge < -0.3 is 14.8 Å². The summed E-state index contributed by atoms with van der Waals surface area (Å²) < 4.78 is 5.01. The molecule has 0 saturated heterocycles. The lowest BCUT2D eigenvalue weighted by Crippen LogP contribution is -2.30. The normalized spacial score (nSPS) is 10.4. The van der Waals surface area contributed by atoms with E-state index in [1.54, 1.807) is 24.3 Å². The van der Waals surface area contributed by atoms with Crippen molar-refractivity contribution in [2.24, 2.45) is 0 Å². The van der Waals surface area contributed by atoms with E-state index in [4.69, 9.17) is 9.52 Å². The summed E-state index contributed by atoms with van der Waals surface area (Å²) in [6.45, 7) is -0.0737. The smallest absolute Gasteiger partial charge is 0.349 e. The van der Waals surface area contributed by atoms with E-state index in [9.17, 15) is 9.59 Å². The Morgan fingerprint density at radius 3 is 2.88 bits per heavy atom. The van der Waals surface area contributed by atoms with Crippen LogP contribution in [0.5, 0.6) is 0 Å². The monoisotopic (exact) mass is 233 g/mol. The van der Waals surface area contributed by atoms with Gasteiger partial charge in [-0.05, 0) is 12.1 Å². The number of aliphatic hydroxyl groups excluding tert-OH is 1. The summed E-state index contributed by atoms with van der Waals surface area (Å²) >= 11 is 0. The minimum atomic E-state index is -0.681. The predicted octanol–water partition coefficient (Wildman–Crippen LogP) is 0.515. The Morgan fingerprint density at radius 2 is 2.12 bits per heavy atom. The van der Waals surface area contributed by atoms with Crippen molar-refractivity contribution in [3.8, 4) is 0 Å². The van der Waals surface area contributed by atoms with Crippen LogP contribution in [0.3, 0.4) is 0 Å². The maximum absolute atomic E-state index is 11.6. The van der Waals surface area contributed by atoms with Crippen molar-refractivity contribution in [1.29, 1.82) is 0 Å². The molecule has 5 nitrogen and oxygen atoms in total. The van der Waals surface area contributed by atoms with Crippen molar-refractivity contribution in [1.82, 2.24) is 5.32 Å². The van der Waals surface area contributed by atoms with E-state index >= 15 is 0 Å². The van der Waals surface area contributed by atoms with Gasteiger partial charge in [0, 0.05) is 11.9 Å². The van der Waals surface area contributed by atoms with Gasteiger partial charge in [-0.15, -0.1) is 0 Å². The maximum Gasteiger partial charge on any atom is 0.349 e. The molecule has 0 unspecified atom stereocenters. The fourth-order valence-electron chi connectivity index (χ4n) is 1.48. The van der Waals surface area contributed by atoms with Gasteiger partial charge in [-0.2, -0.15) is 0 Å². The molecule has 0 radical (unpaired) electrons. The highest BCUT2D eigenvalue weighted by Gasteiger charge is 2.12. The van der Waals surface area contributed by atoms with Crippen LogP contribution in [0.4, 0.5) is 0 Å². The first-order chi connectivity index (χ1) is 8.22. The molecule has 1 heterocycles. The molecular weight excluding hydrogens is 222 g/mol. The van der Waals surface area contributed by atoms with E-state index in [2.05, 4.69) is 5.32 Å². The molecule has 0 atom stereocenters. The van der Waals surface area contributed by atoms with Crippen LogP contribution in [0.15, 0.2) is 39.5 Å². The van der Waals surface area contributed by atoms with Crippen molar-refractivity contribution in [2.45, 2.75) is 0 Å². The molecule has 88 valence electrons. The first-order valence-electron chi connectivity index (χ1n) is 5.14. The van der Waals surface area contributed by atoms with E-state index in [0.29, 0.717) is 11.0 Å². The Morgan fingerprint density at radius 1 is 1.35 bits per heavy atom. The molecule has 0 aliphatic rings. The van der Waals surface area contributed by atoms with Crippen molar-refractivity contribution in [3.05, 3.63) is 46.3 Å². The second-order valence-corrected chi connectivity index (χ2v) is 3.46. The molecule has 0 spiro atoms. The number of carbonyl (C=O) groups excluding carboxylic acids is 1. The van der Waals surface area contributed by atoms with Crippen molar-refractivity contribution >= 4 is 16.9 Å². The Hall–Kier alpha value is -2.14. The molecule has 1 aromatic heterocycles. The average Bonchev–Trinajstić information content (AvgIpc) is 2.35. The molecule has 0 saturated carbocycles. The Labute approximate surface area is 96.7 Å². The van der Waals surface area contributed by atoms with Crippen molar-refractivity contribution in [3.63, 3.8) is 0 Å². The Kier molecular flexibility index (Phi) is 3.20. The third-order valence-corrected chi connectivity index (χ3v) is 2.28. The van der Waals surface area contributed by atoms with Gasteiger partial charge in [0.25, 0.3) is 5.91 Å². The number of aliphatic hydroxyl groups is 1. The molecule has 5 heteroatoms. The molecular formula is C12H11NO4. The van der Waals surface area contributed by atoms with E-state index in [1.807, 2.05) is 0 Å². The molecule has 17 heavy (non-hydrogen) atoms. The third-order valence-electron chi connectivity index (χ3n) is 2.28. The number of amides is 1. The molecule has 0 fully saturated rings. The summed E-state index contributed by atoms with van der Waals surface area (Å²) in [5.41, 5.74) is -0.299. The Balaban J connectivity index is 2.44. The minimum absolute atomic E-state index is 0.0582. The van der Waals surface area contributed by atoms with Gasteiger partial charge in [0.1, 0.15) is 11.1 Å². The summed E-state index contributed by atoms with van der Waals surface area (Å²) in [6.07, 6.45) is 0. The second-order valence-electron chi connectivity index (χ2n) is 3.46. The van der Waals surface area contributed by atoms with Crippen molar-refractivity contribution in [2.75, 3.05) is 13.2 Å². The van der Waals surface area contributed by atoms with Crippen molar-refractivity contribution < 1.29 is 14.3 Å². The van der Waals surface area contributed by atoms with Crippen LogP contribution >= 0.6 is 0 Å². The zero-order chi connectivity index (χ0) is 12.3. The molecule has 2 N–H and O–H groups in total. The van der Waals surface area contributed by atoms with Crippen LogP contribution in [0, 0.1) is 0 Å². The maximum atomic E-state index is 11.6. The van der Waals surface area contributed by atoms with Crippen LogP contribution in [-0.2, 0) is 0 Å². The topological polar surface area (TPSA) is 79.5 Å². The number of para-hydroxylation sites is 1. The number of fused-ring (bicyclic) bond motifs is 1. The fourth-order valence-corrected chi connectivity index (χ4v) is 1.48. The molecule has 1 amide bonds. The van der Waals surface area contributed by atoms with Gasteiger partial charge in [0.05, 0.1) is 6.61 Å². The summed E-state index contributed by atoms with van der Waals surface area (Å²) in [4.78, 5) is 23.1. The van der Waals surface area contributed by atoms with Crippen LogP contribution in [-0.4, -0.2) is 24.2 Å². The highest BCUT2D eigenvalue weighted by atomic mass is 16.4. The number of benzene rings is 1. The number of hydrogen-bond acceptors (Lipinski definition) is 4. The first-order valence-corrected chi connectivity index (χ1v) is 5.14. The molecule has 0 bridgehead atoms. The summed E-state index contributed by atoms with van der Waals surface area (Å²) in [7, 11) is 0. The number of rotatable bonds is 3. The van der Waals surface area contributed by atoms with Crippen LogP contribution in [0.2, 0.25) is 0 Å². The van der Waals surface area contributed by atoms with Crippen LogP contribution in [0.25, 0.3) is 11.0 Å². The van der Waals surface area contributed by atoms with Gasteiger partial charge in [-0.3, -0.25) is 4.79 Å². The van der Waals surface area contributed by atoms with Gasteiger partial charge in [-0.25, -0.2) is 4.79 Å². The largest absolute Gasteiger partial charge is 0.422 e. The first kappa shape index (κ1) is 11.3. The second kappa shape index (κ2) is 4.80. The number of nitrogens with one attached hydrogen (secondary N) is 1. The zero-order valence-corrected chi connectivity index (χ0v) is 8.97. The average molecular weight is 233 g/mol. The van der Waals surface area contributed by atoms with E-state index in [0.717, 1.165) is 0 Å². The molecule has 0 aliphatic carbocycles. The van der Waals surface area contributed by atoms with E-state index in [1.165, 1.54) is 6.07 Å². The minimum Gasteiger partial charge on any atom is -0.422 e. The lowest BCUT2D eigenvalue weighted by atomic mass is 10.2. The summed E-state index contributed by atoms with van der Waals surface area (Å²) in [5.74, 6) is -0.543. The van der Waals surface area contributed by atoms with Crippen LogP contribution in [0.1, 0.15) is 10.4 Å². The van der Waals surface area contributed by atoms with E-state index < -0.39 is 11.5 Å². The van der Waals surface area contributed by atoms with Gasteiger partial charge in [-0.1, -0.05) is 18.2 Å². The lowest BCUT2D eigenvalue weighted by molar-refractivity contribution is 0.0941.